The fourth-order valence-corrected chi connectivity index (χ4v) is 3.51. The highest BCUT2D eigenvalue weighted by molar-refractivity contribution is 7.22. The average molecular weight is 366 g/mol. The number of thiazole rings is 1. The van der Waals surface area contributed by atoms with Crippen molar-refractivity contribution in [3.63, 3.8) is 0 Å². The van der Waals surface area contributed by atoms with Crippen molar-refractivity contribution in [3.05, 3.63) is 59.9 Å². The lowest BCUT2D eigenvalue weighted by Crippen LogP contribution is -2.20. The van der Waals surface area contributed by atoms with Crippen LogP contribution in [0.15, 0.2) is 52.9 Å². The number of benzene rings is 2. The number of nitrogens with one attached hydrogen (secondary N) is 1. The van der Waals surface area contributed by atoms with E-state index in [1.54, 1.807) is 12.1 Å². The molecule has 4 aromatic rings. The van der Waals surface area contributed by atoms with Gasteiger partial charge in [-0.2, -0.15) is 0 Å². The van der Waals surface area contributed by atoms with Crippen LogP contribution < -0.4 is 5.32 Å². The third-order valence-electron chi connectivity index (χ3n) is 3.75. The number of fused-ring (bicyclic) bond motifs is 2. The molecule has 0 bridgehead atoms. The lowest BCUT2D eigenvalue weighted by atomic mass is 10.2. The molecule has 0 unspecified atom stereocenters. The Bertz CT molecular complexity index is 1100. The van der Waals surface area contributed by atoms with Crippen LogP contribution in [0.3, 0.4) is 0 Å². The Morgan fingerprint density at radius 1 is 1.19 bits per heavy atom. The van der Waals surface area contributed by atoms with Crippen LogP contribution in [0, 0.1) is 6.92 Å². The molecule has 2 aromatic carbocycles. The van der Waals surface area contributed by atoms with E-state index in [1.165, 1.54) is 11.3 Å². The number of hydrogen-bond donors (Lipinski definition) is 1. The Kier molecular flexibility index (Phi) is 4.14. The molecule has 2 heterocycles. The van der Waals surface area contributed by atoms with Gasteiger partial charge < -0.3 is 9.15 Å². The van der Waals surface area contributed by atoms with E-state index in [1.807, 2.05) is 43.3 Å². The summed E-state index contributed by atoms with van der Waals surface area (Å²) >= 11 is 1.37. The molecule has 0 saturated carbocycles. The predicted molar refractivity (Wildman–Crippen MR) is 99.5 cm³/mol. The van der Waals surface area contributed by atoms with Crippen LogP contribution in [0.5, 0.6) is 0 Å². The molecule has 0 atom stereocenters. The summed E-state index contributed by atoms with van der Waals surface area (Å²) in [7, 11) is 0. The molecule has 2 aromatic heterocycles. The summed E-state index contributed by atoms with van der Waals surface area (Å²) in [5.41, 5.74) is 2.53. The third-order valence-corrected chi connectivity index (χ3v) is 4.68. The van der Waals surface area contributed by atoms with Crippen molar-refractivity contribution in [3.8, 4) is 0 Å². The number of aromatic nitrogens is 1. The van der Waals surface area contributed by atoms with E-state index >= 15 is 0 Å². The normalized spacial score (nSPS) is 11.0. The molecule has 0 saturated heterocycles. The van der Waals surface area contributed by atoms with Crippen molar-refractivity contribution in [2.45, 2.75) is 6.92 Å². The predicted octanol–water partition coefficient (Wildman–Crippen LogP) is 4.15. The Morgan fingerprint density at radius 2 is 2.04 bits per heavy atom. The van der Waals surface area contributed by atoms with Gasteiger partial charge in [0.15, 0.2) is 11.7 Å². The van der Waals surface area contributed by atoms with Crippen molar-refractivity contribution in [2.75, 3.05) is 11.9 Å². The minimum atomic E-state index is -0.684. The molecule has 1 N–H and O–H groups in total. The van der Waals surface area contributed by atoms with Crippen LogP contribution in [0.2, 0.25) is 0 Å². The second kappa shape index (κ2) is 6.61. The van der Waals surface area contributed by atoms with Gasteiger partial charge in [0.25, 0.3) is 5.91 Å². The molecule has 0 aliphatic carbocycles. The van der Waals surface area contributed by atoms with Gasteiger partial charge in [-0.1, -0.05) is 35.6 Å². The first-order valence-electron chi connectivity index (χ1n) is 7.91. The van der Waals surface area contributed by atoms with E-state index in [0.717, 1.165) is 21.2 Å². The highest BCUT2D eigenvalue weighted by Gasteiger charge is 2.16. The van der Waals surface area contributed by atoms with Crippen LogP contribution in [0.1, 0.15) is 16.1 Å². The van der Waals surface area contributed by atoms with Crippen LogP contribution in [0.4, 0.5) is 5.13 Å². The summed E-state index contributed by atoms with van der Waals surface area (Å²) in [6.45, 7) is 1.58. The average Bonchev–Trinajstić information content (AvgIpc) is 3.22. The molecule has 26 heavy (non-hydrogen) atoms. The first-order chi connectivity index (χ1) is 12.6. The number of para-hydroxylation sites is 1. The summed E-state index contributed by atoms with van der Waals surface area (Å²) < 4.78 is 11.4. The molecule has 0 fully saturated rings. The molecule has 0 aliphatic heterocycles. The van der Waals surface area contributed by atoms with Crippen molar-refractivity contribution < 1.29 is 18.7 Å². The topological polar surface area (TPSA) is 81.4 Å². The zero-order chi connectivity index (χ0) is 18.1. The molecule has 1 amide bonds. The SMILES string of the molecule is Cc1ccc2nc(NC(=O)COC(=O)c3cc4ccccc4o3)sc2c1. The second-order valence-electron chi connectivity index (χ2n) is 5.76. The second-order valence-corrected chi connectivity index (χ2v) is 6.79. The van der Waals surface area contributed by atoms with Crippen LogP contribution in [0.25, 0.3) is 21.2 Å². The number of nitrogens with zero attached hydrogens (tertiary/aromatic N) is 1. The lowest BCUT2D eigenvalue weighted by molar-refractivity contribution is -0.119. The molecule has 0 spiro atoms. The van der Waals surface area contributed by atoms with Gasteiger partial charge in [0.1, 0.15) is 5.58 Å². The monoisotopic (exact) mass is 366 g/mol. The van der Waals surface area contributed by atoms with Gasteiger partial charge in [-0.15, -0.1) is 0 Å². The van der Waals surface area contributed by atoms with E-state index in [4.69, 9.17) is 9.15 Å². The molecule has 0 aliphatic rings. The van der Waals surface area contributed by atoms with E-state index in [9.17, 15) is 9.59 Å². The third kappa shape index (κ3) is 3.29. The van der Waals surface area contributed by atoms with Gasteiger partial charge in [-0.25, -0.2) is 9.78 Å². The van der Waals surface area contributed by atoms with Crippen molar-refractivity contribution in [2.24, 2.45) is 0 Å². The van der Waals surface area contributed by atoms with Gasteiger partial charge in [0.2, 0.25) is 5.76 Å². The summed E-state index contributed by atoms with van der Waals surface area (Å²) in [5, 5.41) is 3.91. The van der Waals surface area contributed by atoms with Gasteiger partial charge in [0, 0.05) is 5.39 Å². The molecular formula is C19H14N2O4S. The molecule has 4 rings (SSSR count). The van der Waals surface area contributed by atoms with E-state index in [-0.39, 0.29) is 5.76 Å². The first-order valence-corrected chi connectivity index (χ1v) is 8.73. The van der Waals surface area contributed by atoms with E-state index < -0.39 is 18.5 Å². The van der Waals surface area contributed by atoms with Crippen LogP contribution >= 0.6 is 11.3 Å². The highest BCUT2D eigenvalue weighted by atomic mass is 32.1. The molecule has 0 radical (unpaired) electrons. The van der Waals surface area contributed by atoms with Gasteiger partial charge in [-0.3, -0.25) is 10.1 Å². The summed E-state index contributed by atoms with van der Waals surface area (Å²) in [6.07, 6.45) is 0. The summed E-state index contributed by atoms with van der Waals surface area (Å²) in [4.78, 5) is 28.4. The molecular weight excluding hydrogens is 352 g/mol. The maximum atomic E-state index is 12.0. The largest absolute Gasteiger partial charge is 0.450 e. The minimum absolute atomic E-state index is 0.0643. The number of furan rings is 1. The van der Waals surface area contributed by atoms with Gasteiger partial charge in [-0.05, 0) is 36.8 Å². The number of amides is 1. The Morgan fingerprint density at radius 3 is 2.88 bits per heavy atom. The number of aryl methyl sites for hydroxylation is 1. The van der Waals surface area contributed by atoms with Crippen LogP contribution in [-0.2, 0) is 9.53 Å². The Hall–Kier alpha value is -3.19. The Balaban J connectivity index is 1.38. The van der Waals surface area contributed by atoms with E-state index in [0.29, 0.717) is 10.7 Å². The van der Waals surface area contributed by atoms with Gasteiger partial charge >= 0.3 is 5.97 Å². The van der Waals surface area contributed by atoms with Crippen LogP contribution in [-0.4, -0.2) is 23.5 Å². The number of ether oxygens (including phenoxy) is 1. The molecule has 7 heteroatoms. The Labute approximate surface area is 152 Å². The number of esters is 1. The summed E-state index contributed by atoms with van der Waals surface area (Å²) in [6, 6.07) is 14.7. The smallest absolute Gasteiger partial charge is 0.374 e. The maximum absolute atomic E-state index is 12.0. The van der Waals surface area contributed by atoms with Crippen molar-refractivity contribution in [1.29, 1.82) is 0 Å². The number of hydrogen-bond acceptors (Lipinski definition) is 6. The van der Waals surface area contributed by atoms with Crippen molar-refractivity contribution >= 4 is 49.5 Å². The molecule has 130 valence electrons. The fraction of sp³-hybridized carbons (Fsp3) is 0.105. The number of anilines is 1. The lowest BCUT2D eigenvalue weighted by Gasteiger charge is -2.02. The number of carbonyl (C=O) groups excluding carboxylic acids is 2. The maximum Gasteiger partial charge on any atom is 0.374 e. The minimum Gasteiger partial charge on any atom is -0.450 e. The fourth-order valence-electron chi connectivity index (χ4n) is 2.53. The first kappa shape index (κ1) is 16.3. The highest BCUT2D eigenvalue weighted by Crippen LogP contribution is 2.26. The zero-order valence-corrected chi connectivity index (χ0v) is 14.6. The standard InChI is InChI=1S/C19H14N2O4S/c1-11-6-7-13-16(8-11)26-19(20-13)21-17(22)10-24-18(23)15-9-12-4-2-3-5-14(12)25-15/h2-9H,10H2,1H3,(H,20,21,22). The molecule has 6 nitrogen and oxygen atoms in total. The summed E-state index contributed by atoms with van der Waals surface area (Å²) in [5.74, 6) is -1.07. The van der Waals surface area contributed by atoms with Crippen molar-refractivity contribution in [1.82, 2.24) is 4.98 Å². The number of carbonyl (C=O) groups is 2. The van der Waals surface area contributed by atoms with E-state index in [2.05, 4.69) is 10.3 Å². The number of rotatable bonds is 4. The van der Waals surface area contributed by atoms with Gasteiger partial charge in [0.05, 0.1) is 10.2 Å². The zero-order valence-electron chi connectivity index (χ0n) is 13.8. The quantitative estimate of drug-likeness (QED) is 0.549.